The van der Waals surface area contributed by atoms with E-state index >= 15 is 0 Å². The first kappa shape index (κ1) is 29.6. The SMILES string of the molecule is C#CCOc1ccc(C(c2ccc(OCC#C)cc2)(c2ccc(C(C)(C)C)cc2)c2ccc(C(C)(C)C)cc2)cc1. The van der Waals surface area contributed by atoms with Crippen LogP contribution in [-0.4, -0.2) is 13.2 Å². The highest BCUT2D eigenvalue weighted by molar-refractivity contribution is 5.61. The number of rotatable bonds is 8. The van der Waals surface area contributed by atoms with Gasteiger partial charge < -0.3 is 9.47 Å². The van der Waals surface area contributed by atoms with E-state index in [1.807, 2.05) is 24.3 Å². The molecule has 41 heavy (non-hydrogen) atoms. The summed E-state index contributed by atoms with van der Waals surface area (Å²) in [4.78, 5) is 0. The molecule has 2 nitrogen and oxygen atoms in total. The molecule has 0 spiro atoms. The minimum atomic E-state index is -0.609. The van der Waals surface area contributed by atoms with E-state index in [2.05, 4.69) is 126 Å². The quantitative estimate of drug-likeness (QED) is 0.164. The van der Waals surface area contributed by atoms with Crippen molar-refractivity contribution in [3.8, 4) is 36.2 Å². The van der Waals surface area contributed by atoms with Gasteiger partial charge in [0.25, 0.3) is 0 Å². The largest absolute Gasteiger partial charge is 0.481 e. The normalized spacial score (nSPS) is 11.8. The fourth-order valence-corrected chi connectivity index (χ4v) is 5.29. The highest BCUT2D eigenvalue weighted by Gasteiger charge is 2.39. The summed E-state index contributed by atoms with van der Waals surface area (Å²) in [5, 5.41) is 0. The Balaban J connectivity index is 2.01. The first-order valence-corrected chi connectivity index (χ1v) is 14.1. The summed E-state index contributed by atoms with van der Waals surface area (Å²) < 4.78 is 11.5. The third-order valence-electron chi connectivity index (χ3n) is 7.59. The average molecular weight is 541 g/mol. The van der Waals surface area contributed by atoms with E-state index in [-0.39, 0.29) is 24.0 Å². The molecule has 0 atom stereocenters. The molecule has 4 aromatic carbocycles. The maximum Gasteiger partial charge on any atom is 0.148 e. The van der Waals surface area contributed by atoms with Crippen LogP contribution in [-0.2, 0) is 16.2 Å². The molecule has 0 unspecified atom stereocenters. The van der Waals surface area contributed by atoms with E-state index < -0.39 is 5.41 Å². The average Bonchev–Trinajstić information content (AvgIpc) is 2.96. The zero-order chi connectivity index (χ0) is 29.7. The van der Waals surface area contributed by atoms with Crippen molar-refractivity contribution in [1.82, 2.24) is 0 Å². The Labute approximate surface area is 246 Å². The van der Waals surface area contributed by atoms with Gasteiger partial charge in [0, 0.05) is 0 Å². The van der Waals surface area contributed by atoms with Crippen LogP contribution in [0.25, 0.3) is 0 Å². The fraction of sp³-hybridized carbons (Fsp3) is 0.282. The molecule has 208 valence electrons. The lowest BCUT2D eigenvalue weighted by atomic mass is 9.64. The maximum absolute atomic E-state index is 5.73. The maximum atomic E-state index is 5.73. The molecule has 2 heteroatoms. The number of benzene rings is 4. The van der Waals surface area contributed by atoms with Crippen molar-refractivity contribution in [1.29, 1.82) is 0 Å². The second kappa shape index (κ2) is 12.0. The number of ether oxygens (including phenoxy) is 2. The van der Waals surface area contributed by atoms with Crippen molar-refractivity contribution in [2.45, 2.75) is 57.8 Å². The molecule has 0 saturated carbocycles. The molecule has 0 radical (unpaired) electrons. The first-order chi connectivity index (χ1) is 19.5. The zero-order valence-electron chi connectivity index (χ0n) is 25.1. The van der Waals surface area contributed by atoms with Gasteiger partial charge in [-0.15, -0.1) is 12.8 Å². The molecule has 0 heterocycles. The predicted octanol–water partition coefficient (Wildman–Crippen LogP) is 8.69. The van der Waals surface area contributed by atoms with Crippen molar-refractivity contribution in [3.63, 3.8) is 0 Å². The molecule has 0 amide bonds. The van der Waals surface area contributed by atoms with E-state index in [1.54, 1.807) is 0 Å². The van der Waals surface area contributed by atoms with E-state index in [9.17, 15) is 0 Å². The molecule has 4 rings (SSSR count). The molecule has 0 aliphatic carbocycles. The second-order valence-electron chi connectivity index (χ2n) is 12.4. The van der Waals surface area contributed by atoms with Crippen molar-refractivity contribution < 1.29 is 9.47 Å². The van der Waals surface area contributed by atoms with E-state index in [1.165, 1.54) is 22.3 Å². The van der Waals surface area contributed by atoms with Crippen molar-refractivity contribution in [2.75, 3.05) is 13.2 Å². The number of terminal acetylenes is 2. The summed E-state index contributed by atoms with van der Waals surface area (Å²) in [5.41, 5.74) is 6.63. The number of hydrogen-bond donors (Lipinski definition) is 0. The summed E-state index contributed by atoms with van der Waals surface area (Å²) in [6.07, 6.45) is 10.9. The predicted molar refractivity (Wildman–Crippen MR) is 171 cm³/mol. The summed E-state index contributed by atoms with van der Waals surface area (Å²) in [6, 6.07) is 34.6. The Kier molecular flexibility index (Phi) is 8.66. The van der Waals surface area contributed by atoms with Crippen molar-refractivity contribution >= 4 is 0 Å². The lowest BCUT2D eigenvalue weighted by Crippen LogP contribution is -2.31. The summed E-state index contributed by atoms with van der Waals surface area (Å²) in [6.45, 7) is 13.9. The third-order valence-corrected chi connectivity index (χ3v) is 7.59. The molecule has 0 aromatic heterocycles. The summed E-state index contributed by atoms with van der Waals surface area (Å²) in [7, 11) is 0. The van der Waals surface area contributed by atoms with Crippen LogP contribution in [0, 0.1) is 24.7 Å². The van der Waals surface area contributed by atoms with Gasteiger partial charge >= 0.3 is 0 Å². The van der Waals surface area contributed by atoms with Gasteiger partial charge in [0.05, 0.1) is 5.41 Å². The monoisotopic (exact) mass is 540 g/mol. The first-order valence-electron chi connectivity index (χ1n) is 14.1. The smallest absolute Gasteiger partial charge is 0.148 e. The highest BCUT2D eigenvalue weighted by Crippen LogP contribution is 2.46. The second-order valence-corrected chi connectivity index (χ2v) is 12.4. The standard InChI is InChI=1S/C39H40O2/c1-9-27-40-35-23-19-33(20-24-35)39(31-15-11-29(12-16-31)37(3,4)5,32-17-13-30(14-18-32)38(6,7)8)34-21-25-36(26-22-34)41-28-10-2/h1-2,11-26H,27-28H2,3-8H3. The van der Waals surface area contributed by atoms with Crippen LogP contribution in [0.1, 0.15) is 74.9 Å². The Hall–Kier alpha value is -4.40. The van der Waals surface area contributed by atoms with Crippen LogP contribution in [0.4, 0.5) is 0 Å². The molecule has 4 aromatic rings. The minimum Gasteiger partial charge on any atom is -0.481 e. The number of hydrogen-bond acceptors (Lipinski definition) is 2. The van der Waals surface area contributed by atoms with Gasteiger partial charge in [0.1, 0.15) is 24.7 Å². The van der Waals surface area contributed by atoms with Crippen LogP contribution in [0.5, 0.6) is 11.5 Å². The van der Waals surface area contributed by atoms with Gasteiger partial charge in [-0.05, 0) is 68.5 Å². The topological polar surface area (TPSA) is 18.5 Å². The molecule has 0 aliphatic rings. The fourth-order valence-electron chi connectivity index (χ4n) is 5.29. The van der Waals surface area contributed by atoms with E-state index in [4.69, 9.17) is 22.3 Å². The summed E-state index contributed by atoms with van der Waals surface area (Å²) >= 11 is 0. The van der Waals surface area contributed by atoms with Gasteiger partial charge in [-0.1, -0.05) is 126 Å². The van der Waals surface area contributed by atoms with Gasteiger partial charge in [-0.2, -0.15) is 0 Å². The Bertz CT molecular complexity index is 1390. The van der Waals surface area contributed by atoms with Gasteiger partial charge in [0.15, 0.2) is 0 Å². The molecule has 0 N–H and O–H groups in total. The van der Waals surface area contributed by atoms with Gasteiger partial charge in [-0.25, -0.2) is 0 Å². The molecular weight excluding hydrogens is 500 g/mol. The molecule has 0 fully saturated rings. The van der Waals surface area contributed by atoms with Crippen LogP contribution >= 0.6 is 0 Å². The molecule has 0 saturated heterocycles. The van der Waals surface area contributed by atoms with Gasteiger partial charge in [-0.3, -0.25) is 0 Å². The Morgan fingerprint density at radius 3 is 0.927 bits per heavy atom. The van der Waals surface area contributed by atoms with Crippen molar-refractivity contribution in [3.05, 3.63) is 130 Å². The van der Waals surface area contributed by atoms with Crippen LogP contribution < -0.4 is 9.47 Å². The molecule has 0 aliphatic heterocycles. The Morgan fingerprint density at radius 2 is 0.683 bits per heavy atom. The lowest BCUT2D eigenvalue weighted by Gasteiger charge is -2.38. The molecular formula is C39H40O2. The van der Waals surface area contributed by atoms with Gasteiger partial charge in [0.2, 0.25) is 0 Å². The molecule has 0 bridgehead atoms. The van der Waals surface area contributed by atoms with Crippen LogP contribution in [0.15, 0.2) is 97.1 Å². The van der Waals surface area contributed by atoms with E-state index in [0.717, 1.165) is 22.6 Å². The minimum absolute atomic E-state index is 0.0432. The summed E-state index contributed by atoms with van der Waals surface area (Å²) in [5.74, 6) is 6.57. The Morgan fingerprint density at radius 1 is 0.439 bits per heavy atom. The highest BCUT2D eigenvalue weighted by atomic mass is 16.5. The van der Waals surface area contributed by atoms with E-state index in [0.29, 0.717) is 0 Å². The van der Waals surface area contributed by atoms with Crippen molar-refractivity contribution in [2.24, 2.45) is 0 Å². The van der Waals surface area contributed by atoms with Crippen LogP contribution in [0.2, 0.25) is 0 Å². The third kappa shape index (κ3) is 6.34. The zero-order valence-corrected chi connectivity index (χ0v) is 25.1. The lowest BCUT2D eigenvalue weighted by molar-refractivity contribution is 0.370. The van der Waals surface area contributed by atoms with Crippen LogP contribution in [0.3, 0.4) is 0 Å².